The number of amides is 2. The van der Waals surface area contributed by atoms with Crippen molar-refractivity contribution in [3.05, 3.63) is 52.5 Å². The molecule has 2 aromatic carbocycles. The molecule has 0 aliphatic carbocycles. The van der Waals surface area contributed by atoms with E-state index in [1.807, 2.05) is 0 Å². The maximum atomic E-state index is 12.4. The van der Waals surface area contributed by atoms with E-state index < -0.39 is 11.2 Å². The summed E-state index contributed by atoms with van der Waals surface area (Å²) >= 11 is 7.24. The second-order valence-corrected chi connectivity index (χ2v) is 8.28. The van der Waals surface area contributed by atoms with Gasteiger partial charge in [0.2, 0.25) is 5.91 Å². The van der Waals surface area contributed by atoms with Crippen LogP contribution in [0.15, 0.2) is 41.3 Å². The third-order valence-electron chi connectivity index (χ3n) is 4.18. The third-order valence-corrected chi connectivity index (χ3v) is 5.69. The monoisotopic (exact) mass is 418 g/mol. The van der Waals surface area contributed by atoms with E-state index in [-0.39, 0.29) is 18.2 Å². The molecule has 28 heavy (non-hydrogen) atoms. The first-order valence-corrected chi connectivity index (χ1v) is 9.80. The number of carbonyl (C=O) groups excluding carboxylic acids is 3. The lowest BCUT2D eigenvalue weighted by atomic mass is 10.1. The number of benzene rings is 2. The van der Waals surface area contributed by atoms with Crippen molar-refractivity contribution in [2.75, 3.05) is 19.4 Å². The molecule has 0 unspecified atom stereocenters. The molecule has 1 N–H and O–H groups in total. The Morgan fingerprint density at radius 2 is 1.96 bits per heavy atom. The second-order valence-electron chi connectivity index (χ2n) is 6.59. The van der Waals surface area contributed by atoms with Gasteiger partial charge in [-0.3, -0.25) is 14.4 Å². The van der Waals surface area contributed by atoms with Gasteiger partial charge in [0.1, 0.15) is 5.75 Å². The van der Waals surface area contributed by atoms with Gasteiger partial charge in [0, 0.05) is 29.6 Å². The maximum Gasteiger partial charge on any atom is 0.312 e. The highest BCUT2D eigenvalue weighted by molar-refractivity contribution is 8.01. The Morgan fingerprint density at radius 3 is 2.68 bits per heavy atom. The van der Waals surface area contributed by atoms with Crippen molar-refractivity contribution >= 4 is 46.8 Å². The number of esters is 1. The summed E-state index contributed by atoms with van der Waals surface area (Å²) in [6.07, 6.45) is -0.0934. The maximum absolute atomic E-state index is 12.4. The van der Waals surface area contributed by atoms with Gasteiger partial charge in [0.15, 0.2) is 0 Å². The molecule has 0 fully saturated rings. The lowest BCUT2D eigenvalue weighted by Gasteiger charge is -2.23. The van der Waals surface area contributed by atoms with Gasteiger partial charge in [-0.05, 0) is 42.8 Å². The Bertz CT molecular complexity index is 961. The van der Waals surface area contributed by atoms with Crippen LogP contribution >= 0.6 is 23.4 Å². The molecule has 6 nitrogen and oxygen atoms in total. The van der Waals surface area contributed by atoms with Crippen molar-refractivity contribution in [2.45, 2.75) is 23.5 Å². The first kappa shape index (κ1) is 20.2. The first-order chi connectivity index (χ1) is 13.2. The van der Waals surface area contributed by atoms with Crippen molar-refractivity contribution in [1.29, 1.82) is 0 Å². The van der Waals surface area contributed by atoms with Crippen LogP contribution in [0.3, 0.4) is 0 Å². The summed E-state index contributed by atoms with van der Waals surface area (Å²) in [6, 6.07) is 10.2. The average Bonchev–Trinajstić information content (AvgIpc) is 2.63. The Hall–Kier alpha value is -2.51. The van der Waals surface area contributed by atoms with Crippen LogP contribution in [0.4, 0.5) is 5.69 Å². The third kappa shape index (κ3) is 4.48. The van der Waals surface area contributed by atoms with Gasteiger partial charge in [-0.1, -0.05) is 17.7 Å². The number of nitrogens with one attached hydrogen (secondary N) is 1. The van der Waals surface area contributed by atoms with Crippen LogP contribution in [0, 0.1) is 6.92 Å². The average molecular weight is 419 g/mol. The zero-order chi connectivity index (χ0) is 20.4. The molecule has 8 heteroatoms. The molecule has 2 amide bonds. The van der Waals surface area contributed by atoms with Gasteiger partial charge in [-0.25, -0.2) is 0 Å². The number of carbonyl (C=O) groups is 3. The lowest BCUT2D eigenvalue weighted by molar-refractivity contribution is -0.135. The van der Waals surface area contributed by atoms with Crippen LogP contribution in [0.2, 0.25) is 5.02 Å². The van der Waals surface area contributed by atoms with E-state index in [1.165, 1.54) is 16.7 Å². The number of rotatable bonds is 4. The SMILES string of the molecule is Cc1ccc(C(=O)N(C)C)cc1OC(=O)C[C@H]1Sc2ccc(Cl)cc2NC1=O. The van der Waals surface area contributed by atoms with E-state index in [1.54, 1.807) is 57.4 Å². The number of hydrogen-bond donors (Lipinski definition) is 1. The smallest absolute Gasteiger partial charge is 0.312 e. The molecule has 1 aliphatic heterocycles. The highest BCUT2D eigenvalue weighted by Crippen LogP contribution is 2.38. The topological polar surface area (TPSA) is 75.7 Å². The van der Waals surface area contributed by atoms with Crippen LogP contribution in [0.25, 0.3) is 0 Å². The summed E-state index contributed by atoms with van der Waals surface area (Å²) < 4.78 is 5.45. The number of hydrogen-bond acceptors (Lipinski definition) is 5. The zero-order valence-electron chi connectivity index (χ0n) is 15.6. The van der Waals surface area contributed by atoms with Crippen LogP contribution < -0.4 is 10.1 Å². The molecule has 3 rings (SSSR count). The van der Waals surface area contributed by atoms with Crippen LogP contribution in [0.5, 0.6) is 5.75 Å². The predicted molar refractivity (Wildman–Crippen MR) is 109 cm³/mol. The normalized spacial score (nSPS) is 15.4. The summed E-state index contributed by atoms with van der Waals surface area (Å²) in [4.78, 5) is 39.1. The predicted octanol–water partition coefficient (Wildman–Crippen LogP) is 3.76. The Kier molecular flexibility index (Phi) is 5.96. The Morgan fingerprint density at radius 1 is 1.21 bits per heavy atom. The molecule has 0 saturated carbocycles. The van der Waals surface area contributed by atoms with Gasteiger partial charge in [-0.15, -0.1) is 11.8 Å². The summed E-state index contributed by atoms with van der Waals surface area (Å²) in [7, 11) is 3.30. The molecular formula is C20H19ClN2O4S. The van der Waals surface area contributed by atoms with E-state index in [4.69, 9.17) is 16.3 Å². The van der Waals surface area contributed by atoms with E-state index in [2.05, 4.69) is 5.32 Å². The molecule has 1 aliphatic rings. The lowest BCUT2D eigenvalue weighted by Crippen LogP contribution is -2.32. The summed E-state index contributed by atoms with van der Waals surface area (Å²) in [5.74, 6) is -0.687. The molecule has 1 heterocycles. The fourth-order valence-corrected chi connectivity index (χ4v) is 3.92. The van der Waals surface area contributed by atoms with Gasteiger partial charge in [0.25, 0.3) is 5.91 Å². The number of halogens is 1. The number of aryl methyl sites for hydroxylation is 1. The first-order valence-electron chi connectivity index (χ1n) is 8.54. The van der Waals surface area contributed by atoms with Gasteiger partial charge >= 0.3 is 5.97 Å². The van der Waals surface area contributed by atoms with Crippen molar-refractivity contribution < 1.29 is 19.1 Å². The highest BCUT2D eigenvalue weighted by atomic mass is 35.5. The van der Waals surface area contributed by atoms with E-state index in [0.717, 1.165) is 10.5 Å². The minimum Gasteiger partial charge on any atom is -0.426 e. The fourth-order valence-electron chi connectivity index (χ4n) is 2.67. The fraction of sp³-hybridized carbons (Fsp3) is 0.250. The molecule has 0 bridgehead atoms. The minimum absolute atomic E-state index is 0.0934. The molecule has 0 radical (unpaired) electrons. The van der Waals surface area contributed by atoms with Crippen molar-refractivity contribution in [3.8, 4) is 5.75 Å². The number of fused-ring (bicyclic) bond motifs is 1. The van der Waals surface area contributed by atoms with Crippen LogP contribution in [0.1, 0.15) is 22.3 Å². The van der Waals surface area contributed by atoms with Gasteiger partial charge < -0.3 is 15.0 Å². The van der Waals surface area contributed by atoms with Crippen molar-refractivity contribution in [2.24, 2.45) is 0 Å². The van der Waals surface area contributed by atoms with E-state index >= 15 is 0 Å². The molecular weight excluding hydrogens is 400 g/mol. The molecule has 1 atom stereocenters. The standard InChI is InChI=1S/C20H19ClN2O4S/c1-11-4-5-12(20(26)23(2)3)8-15(11)27-18(24)10-17-19(25)22-14-9-13(21)6-7-16(14)28-17/h4-9,17H,10H2,1-3H3,(H,22,25)/t17-/m1/s1. The van der Waals surface area contributed by atoms with Crippen LogP contribution in [-0.4, -0.2) is 42.0 Å². The Labute approximate surface area is 172 Å². The molecule has 0 spiro atoms. The number of nitrogens with zero attached hydrogens (tertiary/aromatic N) is 1. The quantitative estimate of drug-likeness (QED) is 0.604. The zero-order valence-corrected chi connectivity index (χ0v) is 17.2. The minimum atomic E-state index is -0.604. The number of anilines is 1. The Balaban J connectivity index is 1.71. The van der Waals surface area contributed by atoms with Gasteiger partial charge in [-0.2, -0.15) is 0 Å². The van der Waals surface area contributed by atoms with Crippen LogP contribution in [-0.2, 0) is 9.59 Å². The summed E-state index contributed by atoms with van der Waals surface area (Å²) in [5.41, 5.74) is 1.79. The molecule has 146 valence electrons. The summed E-state index contributed by atoms with van der Waals surface area (Å²) in [6.45, 7) is 1.79. The van der Waals surface area contributed by atoms with Crippen molar-refractivity contribution in [3.63, 3.8) is 0 Å². The van der Waals surface area contributed by atoms with Crippen molar-refractivity contribution in [1.82, 2.24) is 4.90 Å². The largest absolute Gasteiger partial charge is 0.426 e. The second kappa shape index (κ2) is 8.24. The van der Waals surface area contributed by atoms with E-state index in [9.17, 15) is 14.4 Å². The molecule has 2 aromatic rings. The molecule has 0 aromatic heterocycles. The van der Waals surface area contributed by atoms with Gasteiger partial charge in [0.05, 0.1) is 17.4 Å². The van der Waals surface area contributed by atoms with E-state index in [0.29, 0.717) is 22.0 Å². The highest BCUT2D eigenvalue weighted by Gasteiger charge is 2.30. The number of ether oxygens (including phenoxy) is 1. The molecule has 0 saturated heterocycles. The summed E-state index contributed by atoms with van der Waals surface area (Å²) in [5, 5.41) is 2.69. The number of thioether (sulfide) groups is 1.